The number of hydrogen-bond acceptors (Lipinski definition) is 6. The van der Waals surface area contributed by atoms with E-state index in [1.807, 2.05) is 0 Å². The third kappa shape index (κ3) is 2.30. The Labute approximate surface area is 102 Å². The average Bonchev–Trinajstić information content (AvgIpc) is 2.86. The lowest BCUT2D eigenvalue weighted by atomic mass is 10.3. The van der Waals surface area contributed by atoms with Crippen molar-refractivity contribution in [3.8, 4) is 0 Å². The highest BCUT2D eigenvalue weighted by Crippen LogP contribution is 2.20. The first-order valence-corrected chi connectivity index (χ1v) is 6.98. The molecule has 0 amide bonds. The molecule has 2 heterocycles. The lowest BCUT2D eigenvalue weighted by Gasteiger charge is -2.03. The van der Waals surface area contributed by atoms with Gasteiger partial charge in [-0.1, -0.05) is 0 Å². The number of nitrogens with zero attached hydrogens (tertiary/aromatic N) is 2. The maximum atomic E-state index is 12.0. The summed E-state index contributed by atoms with van der Waals surface area (Å²) in [4.78, 5) is 3.82. The van der Waals surface area contributed by atoms with Gasteiger partial charge in [-0.15, -0.1) is 11.3 Å². The van der Waals surface area contributed by atoms with Crippen LogP contribution in [0, 0.1) is 6.92 Å². The molecule has 0 bridgehead atoms. The van der Waals surface area contributed by atoms with Crippen LogP contribution in [0.15, 0.2) is 16.6 Å². The molecule has 9 heteroatoms. The van der Waals surface area contributed by atoms with Crippen LogP contribution in [-0.4, -0.2) is 28.7 Å². The summed E-state index contributed by atoms with van der Waals surface area (Å²) in [5.41, 5.74) is 0.779. The van der Waals surface area contributed by atoms with Crippen molar-refractivity contribution < 1.29 is 13.5 Å². The minimum absolute atomic E-state index is 0.201. The summed E-state index contributed by atoms with van der Waals surface area (Å²) < 4.78 is 26.2. The quantitative estimate of drug-likeness (QED) is 0.751. The number of anilines is 1. The molecule has 2 aromatic rings. The van der Waals surface area contributed by atoms with E-state index < -0.39 is 16.6 Å². The molecule has 7 nitrogen and oxygen atoms in total. The van der Waals surface area contributed by atoms with Crippen molar-refractivity contribution in [2.45, 2.75) is 18.6 Å². The molecular weight excluding hydrogens is 264 g/mol. The zero-order valence-corrected chi connectivity index (χ0v) is 10.5. The summed E-state index contributed by atoms with van der Waals surface area (Å²) in [6, 6.07) is 0. The van der Waals surface area contributed by atoms with Crippen LogP contribution in [0.5, 0.6) is 0 Å². The summed E-state index contributed by atoms with van der Waals surface area (Å²) in [6.07, 6.45) is 1.49. The molecule has 17 heavy (non-hydrogen) atoms. The van der Waals surface area contributed by atoms with Crippen LogP contribution in [0.4, 0.5) is 5.13 Å². The predicted molar refractivity (Wildman–Crippen MR) is 62.2 cm³/mol. The molecule has 0 saturated heterocycles. The van der Waals surface area contributed by atoms with Crippen LogP contribution in [0.2, 0.25) is 0 Å². The zero-order valence-electron chi connectivity index (χ0n) is 8.84. The van der Waals surface area contributed by atoms with Crippen LogP contribution < -0.4 is 4.72 Å². The van der Waals surface area contributed by atoms with Gasteiger partial charge < -0.3 is 5.11 Å². The summed E-state index contributed by atoms with van der Waals surface area (Å²) in [5.74, 6) is 0. The van der Waals surface area contributed by atoms with E-state index in [0.29, 0.717) is 5.69 Å². The van der Waals surface area contributed by atoms with Crippen molar-refractivity contribution in [2.24, 2.45) is 0 Å². The van der Waals surface area contributed by atoms with Crippen LogP contribution in [0.1, 0.15) is 11.3 Å². The number of H-pyrrole nitrogens is 1. The third-order valence-corrected chi connectivity index (χ3v) is 4.23. The maximum Gasteiger partial charge on any atom is 0.283 e. The maximum absolute atomic E-state index is 12.0. The molecule has 0 aliphatic heterocycles. The molecule has 0 aliphatic rings. The van der Waals surface area contributed by atoms with Crippen molar-refractivity contribution in [1.29, 1.82) is 0 Å². The van der Waals surface area contributed by atoms with E-state index in [1.54, 1.807) is 12.3 Å². The fourth-order valence-corrected chi connectivity index (χ4v) is 3.26. The third-order valence-electron chi connectivity index (χ3n) is 2.10. The Morgan fingerprint density at radius 2 is 2.35 bits per heavy atom. The number of sulfonamides is 1. The Kier molecular flexibility index (Phi) is 3.13. The van der Waals surface area contributed by atoms with Gasteiger partial charge in [0, 0.05) is 22.8 Å². The number of aromatic amines is 1. The van der Waals surface area contributed by atoms with Gasteiger partial charge in [0.05, 0.1) is 6.61 Å². The number of thiazole rings is 1. The van der Waals surface area contributed by atoms with Gasteiger partial charge in [0.2, 0.25) is 5.03 Å². The highest BCUT2D eigenvalue weighted by Gasteiger charge is 2.24. The fraction of sp³-hybridized carbons (Fsp3) is 0.250. The molecule has 2 rings (SSSR count). The largest absolute Gasteiger partial charge is 0.392 e. The van der Waals surface area contributed by atoms with Gasteiger partial charge >= 0.3 is 0 Å². The van der Waals surface area contributed by atoms with Crippen LogP contribution in [-0.2, 0) is 16.6 Å². The highest BCUT2D eigenvalue weighted by atomic mass is 32.2. The molecule has 0 fully saturated rings. The smallest absolute Gasteiger partial charge is 0.283 e. The molecule has 3 N–H and O–H groups in total. The Balaban J connectivity index is 2.38. The van der Waals surface area contributed by atoms with Crippen molar-refractivity contribution in [3.63, 3.8) is 0 Å². The average molecular weight is 274 g/mol. The first-order valence-electron chi connectivity index (χ1n) is 4.61. The number of aliphatic hydroxyl groups is 1. The minimum Gasteiger partial charge on any atom is -0.392 e. The molecule has 0 atom stereocenters. The molecule has 0 radical (unpaired) electrons. The second-order valence-electron chi connectivity index (χ2n) is 3.23. The number of aryl methyl sites for hydroxylation is 1. The van der Waals surface area contributed by atoms with E-state index in [2.05, 4.69) is 19.9 Å². The number of hydrogen-bond donors (Lipinski definition) is 3. The number of aromatic nitrogens is 3. The Morgan fingerprint density at radius 3 is 2.94 bits per heavy atom. The summed E-state index contributed by atoms with van der Waals surface area (Å²) in [5, 5.41) is 17.0. The first kappa shape index (κ1) is 12.0. The van der Waals surface area contributed by atoms with E-state index in [4.69, 9.17) is 5.11 Å². The summed E-state index contributed by atoms with van der Waals surface area (Å²) in [6.45, 7) is 1.25. The van der Waals surface area contributed by atoms with Gasteiger partial charge in [-0.25, -0.2) is 4.98 Å². The van der Waals surface area contributed by atoms with Gasteiger partial charge in [-0.05, 0) is 6.92 Å². The SMILES string of the molecule is Cc1[nH]nc(S(=O)(=O)Nc2nccs2)c1CO. The topological polar surface area (TPSA) is 108 Å². The van der Waals surface area contributed by atoms with E-state index in [-0.39, 0.29) is 15.7 Å². The summed E-state index contributed by atoms with van der Waals surface area (Å²) >= 11 is 1.16. The molecule has 0 saturated carbocycles. The van der Waals surface area contributed by atoms with Crippen molar-refractivity contribution in [1.82, 2.24) is 15.2 Å². The van der Waals surface area contributed by atoms with Gasteiger partial charge in [0.15, 0.2) is 5.13 Å². The predicted octanol–water partition coefficient (Wildman–Crippen LogP) is 0.468. The standard InChI is InChI=1S/C8H10N4O3S2/c1-5-6(4-13)7(11-10-5)17(14,15)12-8-9-2-3-16-8/h2-3,13H,4H2,1H3,(H,9,12)(H,10,11). The van der Waals surface area contributed by atoms with E-state index in [9.17, 15) is 8.42 Å². The minimum atomic E-state index is -3.81. The van der Waals surface area contributed by atoms with Gasteiger partial charge in [-0.3, -0.25) is 9.82 Å². The fourth-order valence-electron chi connectivity index (χ4n) is 1.28. The van der Waals surface area contributed by atoms with Crippen LogP contribution >= 0.6 is 11.3 Å². The molecular formula is C8H10N4O3S2. The van der Waals surface area contributed by atoms with Gasteiger partial charge in [0.25, 0.3) is 10.0 Å². The van der Waals surface area contributed by atoms with E-state index in [0.717, 1.165) is 11.3 Å². The Morgan fingerprint density at radius 1 is 1.59 bits per heavy atom. The molecule has 2 aromatic heterocycles. The number of aliphatic hydroxyl groups excluding tert-OH is 1. The second kappa shape index (κ2) is 4.43. The van der Waals surface area contributed by atoms with Crippen LogP contribution in [0.3, 0.4) is 0 Å². The first-order chi connectivity index (χ1) is 8.04. The molecule has 0 aliphatic carbocycles. The summed E-state index contributed by atoms with van der Waals surface area (Å²) in [7, 11) is -3.81. The molecule has 0 unspecified atom stereocenters. The normalized spacial score (nSPS) is 11.6. The van der Waals surface area contributed by atoms with Crippen molar-refractivity contribution in [3.05, 3.63) is 22.8 Å². The number of rotatable bonds is 4. The lowest BCUT2D eigenvalue weighted by Crippen LogP contribution is -2.15. The molecule has 0 aromatic carbocycles. The number of nitrogens with one attached hydrogen (secondary N) is 2. The Hall–Kier alpha value is -1.45. The second-order valence-corrected chi connectivity index (χ2v) is 5.73. The van der Waals surface area contributed by atoms with Crippen molar-refractivity contribution in [2.75, 3.05) is 4.72 Å². The Bertz CT molecular complexity index is 603. The zero-order chi connectivity index (χ0) is 12.5. The monoisotopic (exact) mass is 274 g/mol. The molecule has 0 spiro atoms. The van der Waals surface area contributed by atoms with Gasteiger partial charge in [0.1, 0.15) is 0 Å². The van der Waals surface area contributed by atoms with Crippen LogP contribution in [0.25, 0.3) is 0 Å². The molecule has 92 valence electrons. The van der Waals surface area contributed by atoms with Gasteiger partial charge in [-0.2, -0.15) is 13.5 Å². The lowest BCUT2D eigenvalue weighted by molar-refractivity contribution is 0.277. The van der Waals surface area contributed by atoms with E-state index in [1.165, 1.54) is 6.20 Å². The van der Waals surface area contributed by atoms with E-state index >= 15 is 0 Å². The highest BCUT2D eigenvalue weighted by molar-refractivity contribution is 7.92. The van der Waals surface area contributed by atoms with Crippen molar-refractivity contribution >= 4 is 26.5 Å².